The summed E-state index contributed by atoms with van der Waals surface area (Å²) in [4.78, 5) is 0. The van der Waals surface area contributed by atoms with Crippen LogP contribution in [0.4, 0.5) is 17.6 Å². The summed E-state index contributed by atoms with van der Waals surface area (Å²) in [6.45, 7) is 1.99. The highest BCUT2D eigenvalue weighted by Gasteiger charge is 2.41. The number of halogens is 4. The van der Waals surface area contributed by atoms with Crippen LogP contribution in [0.15, 0.2) is 24.3 Å². The number of rotatable bonds is 4. The molecule has 0 amide bonds. The van der Waals surface area contributed by atoms with Crippen LogP contribution in [0, 0.1) is 11.7 Å². The molecule has 118 valence electrons. The Morgan fingerprint density at radius 1 is 1.19 bits per heavy atom. The van der Waals surface area contributed by atoms with Gasteiger partial charge in [-0.25, -0.2) is 4.39 Å². The smallest absolute Gasteiger partial charge is 0.311 e. The van der Waals surface area contributed by atoms with Crippen LogP contribution in [0.1, 0.15) is 38.2 Å². The number of hydrogen-bond acceptors (Lipinski definition) is 1. The van der Waals surface area contributed by atoms with Crippen molar-refractivity contribution in [1.82, 2.24) is 5.32 Å². The number of nitrogens with one attached hydrogen (secondary N) is 1. The van der Waals surface area contributed by atoms with Crippen molar-refractivity contribution in [2.75, 3.05) is 0 Å². The summed E-state index contributed by atoms with van der Waals surface area (Å²) in [6, 6.07) is 6.69. The van der Waals surface area contributed by atoms with Gasteiger partial charge in [0.2, 0.25) is 0 Å². The standard InChI is InChI=1S/C16H21F4N/c1-11(9-12-3-2-4-14(17)10-12)21-15-7-5-13(6-8-15)16(18,19)20/h2-4,10-11,13,15,21H,5-9H2,1H3. The van der Waals surface area contributed by atoms with E-state index in [-0.39, 0.29) is 30.7 Å². The first kappa shape index (κ1) is 16.3. The second-order valence-corrected chi connectivity index (χ2v) is 5.99. The largest absolute Gasteiger partial charge is 0.391 e. The van der Waals surface area contributed by atoms with E-state index in [1.54, 1.807) is 6.07 Å². The van der Waals surface area contributed by atoms with Crippen molar-refractivity contribution in [3.63, 3.8) is 0 Å². The Balaban J connectivity index is 1.78. The molecule has 0 heterocycles. The summed E-state index contributed by atoms with van der Waals surface area (Å²) >= 11 is 0. The first-order chi connectivity index (χ1) is 9.84. The SMILES string of the molecule is CC(Cc1cccc(F)c1)NC1CCC(C(F)(F)F)CC1. The minimum Gasteiger partial charge on any atom is -0.311 e. The molecule has 0 spiro atoms. The Morgan fingerprint density at radius 3 is 2.43 bits per heavy atom. The molecule has 0 aliphatic heterocycles. The maximum Gasteiger partial charge on any atom is 0.391 e. The Kier molecular flexibility index (Phi) is 5.25. The first-order valence-electron chi connectivity index (χ1n) is 7.42. The molecule has 0 radical (unpaired) electrons. The van der Waals surface area contributed by atoms with Gasteiger partial charge in [-0.2, -0.15) is 13.2 Å². The molecule has 1 saturated carbocycles. The van der Waals surface area contributed by atoms with Gasteiger partial charge in [0.15, 0.2) is 0 Å². The quantitative estimate of drug-likeness (QED) is 0.809. The fourth-order valence-electron chi connectivity index (χ4n) is 3.07. The van der Waals surface area contributed by atoms with Crippen molar-refractivity contribution < 1.29 is 17.6 Å². The molecular formula is C16H21F4N. The van der Waals surface area contributed by atoms with E-state index < -0.39 is 12.1 Å². The topological polar surface area (TPSA) is 12.0 Å². The highest BCUT2D eigenvalue weighted by Crippen LogP contribution is 2.37. The molecule has 1 aromatic carbocycles. The van der Waals surface area contributed by atoms with E-state index in [0.717, 1.165) is 5.56 Å². The molecule has 0 aromatic heterocycles. The van der Waals surface area contributed by atoms with Gasteiger partial charge in [-0.3, -0.25) is 0 Å². The molecule has 21 heavy (non-hydrogen) atoms. The Bertz CT molecular complexity index is 450. The summed E-state index contributed by atoms with van der Waals surface area (Å²) in [5, 5.41) is 3.37. The minimum absolute atomic E-state index is 0.124. The van der Waals surface area contributed by atoms with Gasteiger partial charge in [0, 0.05) is 12.1 Å². The fourth-order valence-corrected chi connectivity index (χ4v) is 3.07. The van der Waals surface area contributed by atoms with Crippen molar-refractivity contribution in [2.45, 2.75) is 57.3 Å². The van der Waals surface area contributed by atoms with Gasteiger partial charge in [0.05, 0.1) is 5.92 Å². The van der Waals surface area contributed by atoms with Crippen LogP contribution >= 0.6 is 0 Å². The molecule has 1 nitrogen and oxygen atoms in total. The van der Waals surface area contributed by atoms with E-state index in [1.165, 1.54) is 12.1 Å². The Hall–Kier alpha value is -1.10. The average molecular weight is 303 g/mol. The second-order valence-electron chi connectivity index (χ2n) is 5.99. The third kappa shape index (κ3) is 4.99. The normalized spacial score (nSPS) is 24.8. The van der Waals surface area contributed by atoms with E-state index in [9.17, 15) is 17.6 Å². The van der Waals surface area contributed by atoms with Gasteiger partial charge in [-0.1, -0.05) is 12.1 Å². The molecule has 0 bridgehead atoms. The first-order valence-corrected chi connectivity index (χ1v) is 7.42. The van der Waals surface area contributed by atoms with E-state index in [1.807, 2.05) is 13.0 Å². The predicted octanol–water partition coefficient (Wildman–Crippen LogP) is 4.47. The van der Waals surface area contributed by atoms with Gasteiger partial charge < -0.3 is 5.32 Å². The molecular weight excluding hydrogens is 282 g/mol. The van der Waals surface area contributed by atoms with Crippen molar-refractivity contribution in [1.29, 1.82) is 0 Å². The van der Waals surface area contributed by atoms with Gasteiger partial charge in [-0.15, -0.1) is 0 Å². The number of benzene rings is 1. The summed E-state index contributed by atoms with van der Waals surface area (Å²) in [6.07, 6.45) is -1.87. The van der Waals surface area contributed by atoms with Crippen LogP contribution in [0.3, 0.4) is 0 Å². The average Bonchev–Trinajstić information content (AvgIpc) is 2.38. The lowest BCUT2D eigenvalue weighted by atomic mass is 9.85. The van der Waals surface area contributed by atoms with Crippen molar-refractivity contribution in [3.05, 3.63) is 35.6 Å². The van der Waals surface area contributed by atoms with Gasteiger partial charge in [0.1, 0.15) is 5.82 Å². The van der Waals surface area contributed by atoms with E-state index in [0.29, 0.717) is 19.3 Å². The van der Waals surface area contributed by atoms with Gasteiger partial charge in [0.25, 0.3) is 0 Å². The zero-order valence-corrected chi connectivity index (χ0v) is 12.1. The molecule has 0 saturated heterocycles. The molecule has 1 aromatic rings. The van der Waals surface area contributed by atoms with E-state index in [2.05, 4.69) is 5.32 Å². The molecule has 1 aliphatic rings. The lowest BCUT2D eigenvalue weighted by Gasteiger charge is -2.32. The van der Waals surface area contributed by atoms with E-state index in [4.69, 9.17) is 0 Å². The van der Waals surface area contributed by atoms with Crippen LogP contribution in [-0.2, 0) is 6.42 Å². The number of hydrogen-bond donors (Lipinski definition) is 1. The lowest BCUT2D eigenvalue weighted by Crippen LogP contribution is -2.41. The Labute approximate surface area is 122 Å². The zero-order valence-electron chi connectivity index (χ0n) is 12.1. The fraction of sp³-hybridized carbons (Fsp3) is 0.625. The molecule has 5 heteroatoms. The third-order valence-electron chi connectivity index (χ3n) is 4.14. The van der Waals surface area contributed by atoms with Crippen LogP contribution in [0.5, 0.6) is 0 Å². The monoisotopic (exact) mass is 303 g/mol. The maximum atomic E-state index is 13.1. The predicted molar refractivity (Wildman–Crippen MR) is 74.5 cm³/mol. The minimum atomic E-state index is -4.06. The van der Waals surface area contributed by atoms with Crippen LogP contribution in [-0.4, -0.2) is 18.3 Å². The number of alkyl halides is 3. The van der Waals surface area contributed by atoms with Crippen LogP contribution in [0.25, 0.3) is 0 Å². The molecule has 1 fully saturated rings. The Morgan fingerprint density at radius 2 is 1.86 bits per heavy atom. The molecule has 1 N–H and O–H groups in total. The van der Waals surface area contributed by atoms with Gasteiger partial charge in [-0.05, 0) is 56.7 Å². The molecule has 1 unspecified atom stereocenters. The second kappa shape index (κ2) is 6.77. The van der Waals surface area contributed by atoms with Gasteiger partial charge >= 0.3 is 6.18 Å². The highest BCUT2D eigenvalue weighted by atomic mass is 19.4. The molecule has 2 rings (SSSR count). The molecule has 1 aliphatic carbocycles. The third-order valence-corrected chi connectivity index (χ3v) is 4.14. The maximum absolute atomic E-state index is 13.1. The highest BCUT2D eigenvalue weighted by molar-refractivity contribution is 5.17. The van der Waals surface area contributed by atoms with E-state index >= 15 is 0 Å². The van der Waals surface area contributed by atoms with Crippen LogP contribution < -0.4 is 5.32 Å². The van der Waals surface area contributed by atoms with Crippen LogP contribution in [0.2, 0.25) is 0 Å². The summed E-state index contributed by atoms with van der Waals surface area (Å²) < 4.78 is 50.9. The summed E-state index contributed by atoms with van der Waals surface area (Å²) in [5.74, 6) is -1.40. The summed E-state index contributed by atoms with van der Waals surface area (Å²) in [7, 11) is 0. The summed E-state index contributed by atoms with van der Waals surface area (Å²) in [5.41, 5.74) is 0.902. The van der Waals surface area contributed by atoms with Crippen molar-refractivity contribution in [3.8, 4) is 0 Å². The zero-order chi connectivity index (χ0) is 15.5. The van der Waals surface area contributed by atoms with Crippen molar-refractivity contribution in [2.24, 2.45) is 5.92 Å². The lowest BCUT2D eigenvalue weighted by molar-refractivity contribution is -0.182. The van der Waals surface area contributed by atoms with Crippen molar-refractivity contribution >= 4 is 0 Å². The molecule has 1 atom stereocenters.